The van der Waals surface area contributed by atoms with Gasteiger partial charge in [-0.25, -0.2) is 0 Å². The van der Waals surface area contributed by atoms with Crippen LogP contribution < -0.4 is 0 Å². The maximum absolute atomic E-state index is 8.23. The van der Waals surface area contributed by atoms with E-state index >= 15 is 0 Å². The Balaban J connectivity index is 3.68. The molecule has 0 aliphatic rings. The molecular weight excluding hydrogens is 154 g/mol. The maximum atomic E-state index is 8.23. The summed E-state index contributed by atoms with van der Waals surface area (Å²) in [6, 6.07) is 0. The minimum absolute atomic E-state index is 0.242. The first-order valence-corrected chi connectivity index (χ1v) is 4.16. The minimum atomic E-state index is -0.330. The summed E-state index contributed by atoms with van der Waals surface area (Å²) in [6.45, 7) is 8.41. The highest BCUT2D eigenvalue weighted by Crippen LogP contribution is 2.14. The molecule has 70 valence electrons. The number of nitrogens with zero attached hydrogens (tertiary/aromatic N) is 3. The highest BCUT2D eigenvalue weighted by Gasteiger charge is 2.14. The lowest BCUT2D eigenvalue weighted by Crippen LogP contribution is -2.19. The lowest BCUT2D eigenvalue weighted by Gasteiger charge is -2.18. The second-order valence-electron chi connectivity index (χ2n) is 3.67. The van der Waals surface area contributed by atoms with Gasteiger partial charge in [-0.2, -0.15) is 0 Å². The first-order valence-electron chi connectivity index (χ1n) is 4.16. The Labute approximate surface area is 73.5 Å². The fraction of sp³-hybridized carbons (Fsp3) is 1.00. The topological polar surface area (TPSA) is 58.0 Å². The highest BCUT2D eigenvalue weighted by molar-refractivity contribution is 4.77. The number of azide groups is 1. The zero-order valence-corrected chi connectivity index (χ0v) is 8.24. The van der Waals surface area contributed by atoms with Crippen molar-refractivity contribution in [1.82, 2.24) is 0 Å². The van der Waals surface area contributed by atoms with E-state index in [1.807, 2.05) is 27.7 Å². The van der Waals surface area contributed by atoms with Crippen LogP contribution in [0, 0.1) is 0 Å². The molecule has 0 aromatic heterocycles. The van der Waals surface area contributed by atoms with Gasteiger partial charge in [-0.3, -0.25) is 0 Å². The van der Waals surface area contributed by atoms with E-state index in [4.69, 9.17) is 10.3 Å². The summed E-state index contributed by atoms with van der Waals surface area (Å²) in [5.74, 6) is 0. The summed E-state index contributed by atoms with van der Waals surface area (Å²) >= 11 is 0. The first-order chi connectivity index (χ1) is 5.48. The van der Waals surface area contributed by atoms with E-state index in [1.165, 1.54) is 0 Å². The number of ether oxygens (including phenoxy) is 1. The maximum Gasteiger partial charge on any atom is 0.0518 e. The molecule has 0 aliphatic heterocycles. The second kappa shape index (κ2) is 5.01. The molecule has 0 aliphatic carbocycles. The van der Waals surface area contributed by atoms with Gasteiger partial charge in [-0.05, 0) is 25.8 Å². The van der Waals surface area contributed by atoms with Crippen molar-refractivity contribution in [3.8, 4) is 0 Å². The van der Waals surface area contributed by atoms with E-state index < -0.39 is 0 Å². The quantitative estimate of drug-likeness (QED) is 0.356. The first kappa shape index (κ1) is 11.3. The zero-order chi connectivity index (χ0) is 9.61. The molecule has 0 atom stereocenters. The molecule has 0 bridgehead atoms. The molecule has 0 saturated carbocycles. The fourth-order valence-corrected chi connectivity index (χ4v) is 0.715. The molecule has 4 nitrogen and oxygen atoms in total. The number of hydrogen-bond acceptors (Lipinski definition) is 2. The van der Waals surface area contributed by atoms with E-state index in [1.54, 1.807) is 0 Å². The van der Waals surface area contributed by atoms with Crippen molar-refractivity contribution in [2.75, 3.05) is 6.61 Å². The Morgan fingerprint density at radius 3 is 2.50 bits per heavy atom. The lowest BCUT2D eigenvalue weighted by molar-refractivity contribution is 0.0680. The van der Waals surface area contributed by atoms with Crippen LogP contribution in [0.3, 0.4) is 0 Å². The molecule has 0 fully saturated rings. The van der Waals surface area contributed by atoms with Crippen molar-refractivity contribution in [2.45, 2.75) is 45.8 Å². The Morgan fingerprint density at radius 2 is 2.08 bits per heavy atom. The van der Waals surface area contributed by atoms with Crippen LogP contribution in [0.1, 0.15) is 34.1 Å². The van der Waals surface area contributed by atoms with Crippen molar-refractivity contribution in [3.63, 3.8) is 0 Å². The van der Waals surface area contributed by atoms with Crippen LogP contribution >= 0.6 is 0 Å². The molecule has 0 N–H and O–H groups in total. The van der Waals surface area contributed by atoms with Crippen molar-refractivity contribution >= 4 is 0 Å². The van der Waals surface area contributed by atoms with Crippen LogP contribution in [-0.4, -0.2) is 18.2 Å². The summed E-state index contributed by atoms with van der Waals surface area (Å²) in [5.41, 5.74) is 7.90. The average Bonchev–Trinajstić information content (AvgIpc) is 1.85. The molecule has 0 rings (SSSR count). The third-order valence-corrected chi connectivity index (χ3v) is 1.48. The van der Waals surface area contributed by atoms with Crippen LogP contribution in [0.25, 0.3) is 10.4 Å². The summed E-state index contributed by atoms with van der Waals surface area (Å²) in [6.07, 6.45) is 1.00. The molecule has 0 aromatic carbocycles. The lowest BCUT2D eigenvalue weighted by atomic mass is 10.0. The van der Waals surface area contributed by atoms with Gasteiger partial charge in [-0.1, -0.05) is 19.0 Å². The summed E-state index contributed by atoms with van der Waals surface area (Å²) in [4.78, 5) is 2.77. The van der Waals surface area contributed by atoms with Crippen LogP contribution in [0.4, 0.5) is 0 Å². The summed E-state index contributed by atoms with van der Waals surface area (Å²) in [7, 11) is 0. The monoisotopic (exact) mass is 171 g/mol. The average molecular weight is 171 g/mol. The Hall–Kier alpha value is -0.730. The molecule has 4 heteroatoms. The second-order valence-corrected chi connectivity index (χ2v) is 3.67. The molecule has 0 amide bonds. The fourth-order valence-electron chi connectivity index (χ4n) is 0.715. The van der Waals surface area contributed by atoms with E-state index in [0.29, 0.717) is 6.61 Å². The van der Waals surface area contributed by atoms with Crippen molar-refractivity contribution in [1.29, 1.82) is 0 Å². The van der Waals surface area contributed by atoms with Crippen LogP contribution in [0.5, 0.6) is 0 Å². The SMILES string of the molecule is CC(C)OCCC(C)(C)N=[N+]=[N-]. The third-order valence-electron chi connectivity index (χ3n) is 1.48. The van der Waals surface area contributed by atoms with E-state index in [2.05, 4.69) is 10.0 Å². The molecular formula is C8H17N3O. The van der Waals surface area contributed by atoms with Crippen molar-refractivity contribution in [3.05, 3.63) is 10.4 Å². The normalized spacial score (nSPS) is 11.4. The Morgan fingerprint density at radius 1 is 1.50 bits per heavy atom. The van der Waals surface area contributed by atoms with Gasteiger partial charge in [0.2, 0.25) is 0 Å². The third kappa shape index (κ3) is 6.01. The van der Waals surface area contributed by atoms with Crippen LogP contribution in [-0.2, 0) is 4.74 Å². The summed E-state index contributed by atoms with van der Waals surface area (Å²) < 4.78 is 5.34. The van der Waals surface area contributed by atoms with Crippen LogP contribution in [0.2, 0.25) is 0 Å². The largest absolute Gasteiger partial charge is 0.379 e. The van der Waals surface area contributed by atoms with Crippen molar-refractivity contribution < 1.29 is 4.74 Å². The van der Waals surface area contributed by atoms with E-state index in [0.717, 1.165) is 6.42 Å². The molecule has 0 heterocycles. The molecule has 12 heavy (non-hydrogen) atoms. The van der Waals surface area contributed by atoms with Gasteiger partial charge in [-0.15, -0.1) is 0 Å². The Kier molecular flexibility index (Phi) is 4.71. The van der Waals surface area contributed by atoms with Gasteiger partial charge in [0.1, 0.15) is 0 Å². The number of rotatable bonds is 5. The molecule has 0 aromatic rings. The molecule has 0 spiro atoms. The van der Waals surface area contributed by atoms with Gasteiger partial charge < -0.3 is 4.74 Å². The molecule has 0 unspecified atom stereocenters. The van der Waals surface area contributed by atoms with Gasteiger partial charge in [0.05, 0.1) is 6.10 Å². The smallest absolute Gasteiger partial charge is 0.0518 e. The van der Waals surface area contributed by atoms with E-state index in [-0.39, 0.29) is 11.6 Å². The van der Waals surface area contributed by atoms with E-state index in [9.17, 15) is 0 Å². The highest BCUT2D eigenvalue weighted by atomic mass is 16.5. The van der Waals surface area contributed by atoms with Crippen LogP contribution in [0.15, 0.2) is 5.11 Å². The number of hydrogen-bond donors (Lipinski definition) is 0. The van der Waals surface area contributed by atoms with Gasteiger partial charge in [0.15, 0.2) is 0 Å². The zero-order valence-electron chi connectivity index (χ0n) is 8.24. The van der Waals surface area contributed by atoms with Gasteiger partial charge >= 0.3 is 0 Å². The predicted octanol–water partition coefficient (Wildman–Crippen LogP) is 2.89. The predicted molar refractivity (Wildman–Crippen MR) is 48.9 cm³/mol. The summed E-state index contributed by atoms with van der Waals surface area (Å²) in [5, 5.41) is 3.65. The standard InChI is InChI=1S/C8H17N3O/c1-7(2)12-6-5-8(3,4)10-11-9/h7H,5-6H2,1-4H3. The van der Waals surface area contributed by atoms with Crippen molar-refractivity contribution in [2.24, 2.45) is 5.11 Å². The molecule has 0 radical (unpaired) electrons. The van der Waals surface area contributed by atoms with Gasteiger partial charge in [0, 0.05) is 17.1 Å². The molecule has 0 saturated heterocycles. The Bertz CT molecular complexity index is 171. The minimum Gasteiger partial charge on any atom is -0.379 e. The van der Waals surface area contributed by atoms with Gasteiger partial charge in [0.25, 0.3) is 0 Å².